The normalized spacial score (nSPS) is 14.0. The van der Waals surface area contributed by atoms with Crippen molar-refractivity contribution >= 4 is 7.82 Å². The molecule has 0 aliphatic rings. The van der Waals surface area contributed by atoms with E-state index in [0.717, 1.165) is 12.8 Å². The summed E-state index contributed by atoms with van der Waals surface area (Å²) < 4.78 is 20.2. The number of phosphoric ester groups is 1. The van der Waals surface area contributed by atoms with Crippen molar-refractivity contribution in [3.8, 4) is 0 Å². The smallest absolute Gasteiger partial charge is 0.303 e. The lowest BCUT2D eigenvalue weighted by Gasteiger charge is -2.08. The summed E-state index contributed by atoms with van der Waals surface area (Å²) in [5, 5.41) is 0. The molecule has 1 N–H and O–H groups in total. The molecule has 0 aromatic rings. The molecular formula is C19H41O4P. The highest BCUT2D eigenvalue weighted by Gasteiger charge is 2.17. The van der Waals surface area contributed by atoms with Gasteiger partial charge in [0.15, 0.2) is 0 Å². The topological polar surface area (TPSA) is 55.8 Å². The number of hydrogen-bond donors (Lipinski definition) is 1. The van der Waals surface area contributed by atoms with Crippen LogP contribution in [0.25, 0.3) is 0 Å². The van der Waals surface area contributed by atoms with E-state index >= 15 is 0 Å². The minimum absolute atomic E-state index is 0.306. The lowest BCUT2D eigenvalue weighted by Crippen LogP contribution is -1.94. The Bertz CT molecular complexity index is 297. The van der Waals surface area contributed by atoms with Crippen molar-refractivity contribution in [3.05, 3.63) is 0 Å². The zero-order chi connectivity index (χ0) is 17.9. The molecule has 146 valence electrons. The summed E-state index contributed by atoms with van der Waals surface area (Å²) in [7, 11) is -2.57. The van der Waals surface area contributed by atoms with Gasteiger partial charge in [0.05, 0.1) is 6.61 Å². The van der Waals surface area contributed by atoms with Crippen molar-refractivity contribution in [2.24, 2.45) is 0 Å². The molecule has 0 rings (SSSR count). The molecule has 0 radical (unpaired) electrons. The summed E-state index contributed by atoms with van der Waals surface area (Å²) in [6.45, 7) is 2.58. The van der Waals surface area contributed by atoms with Crippen molar-refractivity contribution < 1.29 is 18.5 Å². The highest BCUT2D eigenvalue weighted by atomic mass is 31.2. The maximum absolute atomic E-state index is 11.1. The summed E-state index contributed by atoms with van der Waals surface area (Å²) in [4.78, 5) is 9.06. The van der Waals surface area contributed by atoms with Gasteiger partial charge in [-0.15, -0.1) is 0 Å². The van der Waals surface area contributed by atoms with Gasteiger partial charge in [0.1, 0.15) is 0 Å². The van der Waals surface area contributed by atoms with Crippen LogP contribution in [0, 0.1) is 0 Å². The van der Waals surface area contributed by atoms with E-state index in [1.54, 1.807) is 0 Å². The van der Waals surface area contributed by atoms with Gasteiger partial charge >= 0.3 is 7.82 Å². The van der Waals surface area contributed by atoms with Gasteiger partial charge in [0.25, 0.3) is 0 Å². The lowest BCUT2D eigenvalue weighted by molar-refractivity contribution is 0.170. The first kappa shape index (κ1) is 24.1. The number of hydrogen-bond acceptors (Lipinski definition) is 3. The summed E-state index contributed by atoms with van der Waals surface area (Å²) >= 11 is 0. The Hall–Kier alpha value is 0.110. The van der Waals surface area contributed by atoms with Gasteiger partial charge in [-0.2, -0.15) is 0 Å². The first-order valence-corrected chi connectivity index (χ1v) is 11.6. The van der Waals surface area contributed by atoms with Crippen LogP contribution in [-0.2, 0) is 13.6 Å². The molecule has 1 atom stereocenters. The van der Waals surface area contributed by atoms with E-state index in [9.17, 15) is 4.57 Å². The monoisotopic (exact) mass is 364 g/mol. The summed E-state index contributed by atoms with van der Waals surface area (Å²) in [6.07, 6.45) is 21.0. The largest absolute Gasteiger partial charge is 0.471 e. The molecule has 0 saturated heterocycles. The van der Waals surface area contributed by atoms with Crippen LogP contribution < -0.4 is 0 Å². The number of unbranched alkanes of at least 4 members (excludes halogenated alkanes) is 15. The third-order valence-electron chi connectivity index (χ3n) is 4.48. The van der Waals surface area contributed by atoms with Crippen molar-refractivity contribution in [1.82, 2.24) is 0 Å². The van der Waals surface area contributed by atoms with E-state index in [2.05, 4.69) is 11.4 Å². The van der Waals surface area contributed by atoms with Crippen molar-refractivity contribution in [1.29, 1.82) is 0 Å². The minimum Gasteiger partial charge on any atom is -0.303 e. The fourth-order valence-electron chi connectivity index (χ4n) is 2.88. The van der Waals surface area contributed by atoms with E-state index in [-0.39, 0.29) is 0 Å². The van der Waals surface area contributed by atoms with Gasteiger partial charge < -0.3 is 4.89 Å². The van der Waals surface area contributed by atoms with E-state index in [4.69, 9.17) is 9.42 Å². The second kappa shape index (κ2) is 17.9. The summed E-state index contributed by atoms with van der Waals surface area (Å²) in [5.74, 6) is 0. The third-order valence-corrected chi connectivity index (χ3v) is 5.45. The van der Waals surface area contributed by atoms with Crippen molar-refractivity contribution in [2.45, 2.75) is 110 Å². The quantitative estimate of drug-likeness (QED) is 0.198. The van der Waals surface area contributed by atoms with Crippen LogP contribution in [0.15, 0.2) is 0 Å². The van der Waals surface area contributed by atoms with Crippen molar-refractivity contribution in [2.75, 3.05) is 13.7 Å². The Balaban J connectivity index is 3.06. The standard InChI is InChI=1S/C19H41O4P/c1-3-4-5-6-7-8-9-10-11-12-13-14-15-16-17-18-19-23-24(20,21)22-2/h3-19H2,1-2H3,(H,20,21). The predicted octanol–water partition coefficient (Wildman–Crippen LogP) is 7.01. The highest BCUT2D eigenvalue weighted by molar-refractivity contribution is 7.47. The molecular weight excluding hydrogens is 323 g/mol. The molecule has 4 nitrogen and oxygen atoms in total. The second-order valence-corrected chi connectivity index (χ2v) is 8.35. The van der Waals surface area contributed by atoms with Crippen molar-refractivity contribution in [3.63, 3.8) is 0 Å². The number of rotatable bonds is 19. The second-order valence-electron chi connectivity index (χ2n) is 6.79. The van der Waals surface area contributed by atoms with Gasteiger partial charge in [0, 0.05) is 7.11 Å². The Labute approximate surface area is 150 Å². The Morgan fingerprint density at radius 2 is 1.00 bits per heavy atom. The van der Waals surface area contributed by atoms with Crippen LogP contribution in [0.2, 0.25) is 0 Å². The van der Waals surface area contributed by atoms with E-state index in [1.165, 1.54) is 97.0 Å². The minimum atomic E-state index is -3.76. The highest BCUT2D eigenvalue weighted by Crippen LogP contribution is 2.41. The molecule has 24 heavy (non-hydrogen) atoms. The molecule has 0 amide bonds. The van der Waals surface area contributed by atoms with Crippen LogP contribution >= 0.6 is 7.82 Å². The maximum atomic E-state index is 11.1. The van der Waals surface area contributed by atoms with Crippen LogP contribution in [-0.4, -0.2) is 18.6 Å². The van der Waals surface area contributed by atoms with E-state index in [1.807, 2.05) is 0 Å². The zero-order valence-corrected chi connectivity index (χ0v) is 17.0. The van der Waals surface area contributed by atoms with Crippen LogP contribution in [0.5, 0.6) is 0 Å². The molecule has 0 saturated carbocycles. The molecule has 1 unspecified atom stereocenters. The average Bonchev–Trinajstić information content (AvgIpc) is 2.57. The molecule has 0 aliphatic heterocycles. The molecule has 0 aliphatic carbocycles. The molecule has 0 bridgehead atoms. The molecule has 0 aromatic heterocycles. The number of phosphoric acid groups is 1. The molecule has 0 heterocycles. The molecule has 5 heteroatoms. The average molecular weight is 365 g/mol. The third kappa shape index (κ3) is 18.4. The van der Waals surface area contributed by atoms with Crippen LogP contribution in [0.1, 0.15) is 110 Å². The Morgan fingerprint density at radius 3 is 1.33 bits per heavy atom. The van der Waals surface area contributed by atoms with Gasteiger partial charge in [-0.05, 0) is 6.42 Å². The van der Waals surface area contributed by atoms with Crippen LogP contribution in [0.3, 0.4) is 0 Å². The summed E-state index contributed by atoms with van der Waals surface area (Å²) in [6, 6.07) is 0. The fourth-order valence-corrected chi connectivity index (χ4v) is 3.35. The Kier molecular flexibility index (Phi) is 18.0. The Morgan fingerprint density at radius 1 is 0.667 bits per heavy atom. The first-order chi connectivity index (χ1) is 11.6. The van der Waals surface area contributed by atoms with E-state index < -0.39 is 7.82 Å². The van der Waals surface area contributed by atoms with Gasteiger partial charge in [0.2, 0.25) is 0 Å². The summed E-state index contributed by atoms with van der Waals surface area (Å²) in [5.41, 5.74) is 0. The maximum Gasteiger partial charge on any atom is 0.471 e. The van der Waals surface area contributed by atoms with E-state index in [0.29, 0.717) is 6.61 Å². The molecule has 0 aromatic carbocycles. The fraction of sp³-hybridized carbons (Fsp3) is 1.00. The van der Waals surface area contributed by atoms with Crippen LogP contribution in [0.4, 0.5) is 0 Å². The lowest BCUT2D eigenvalue weighted by atomic mass is 10.0. The predicted molar refractivity (Wildman–Crippen MR) is 102 cm³/mol. The van der Waals surface area contributed by atoms with Gasteiger partial charge in [-0.25, -0.2) is 4.57 Å². The molecule has 0 spiro atoms. The molecule has 0 fully saturated rings. The zero-order valence-electron chi connectivity index (χ0n) is 16.1. The van der Waals surface area contributed by atoms with Gasteiger partial charge in [-0.1, -0.05) is 103 Å². The SMILES string of the molecule is CCCCCCCCCCCCCCCCCCOP(=O)(O)OC. The first-order valence-electron chi connectivity index (χ1n) is 10.2. The van der Waals surface area contributed by atoms with Gasteiger partial charge in [-0.3, -0.25) is 9.05 Å².